The van der Waals surface area contributed by atoms with Crippen molar-refractivity contribution in [2.75, 3.05) is 0 Å². The lowest BCUT2D eigenvalue weighted by atomic mass is 10.1. The second-order valence-electron chi connectivity index (χ2n) is 2.97. The molecule has 1 aromatic rings. The molecule has 1 atom stereocenters. The SMILES string of the molecule is O=C(O)C(O)c1cc(C(F)(F)F)ccc1I. The number of carboxylic acid groups (broad SMARTS) is 1. The highest BCUT2D eigenvalue weighted by Gasteiger charge is 2.32. The Bertz CT molecular complexity index is 417. The third-order valence-electron chi connectivity index (χ3n) is 1.85. The summed E-state index contributed by atoms with van der Waals surface area (Å²) in [6, 6.07) is 2.59. The molecule has 0 saturated heterocycles. The molecule has 0 aliphatic heterocycles. The first kappa shape index (κ1) is 13.2. The van der Waals surface area contributed by atoms with Gasteiger partial charge in [0.15, 0.2) is 6.10 Å². The van der Waals surface area contributed by atoms with Crippen molar-refractivity contribution in [3.8, 4) is 0 Å². The second-order valence-corrected chi connectivity index (χ2v) is 4.14. The maximum atomic E-state index is 12.3. The number of aliphatic hydroxyl groups excluding tert-OH is 1. The molecule has 1 rings (SSSR count). The maximum absolute atomic E-state index is 12.3. The van der Waals surface area contributed by atoms with Crippen molar-refractivity contribution in [1.29, 1.82) is 0 Å². The number of alkyl halides is 3. The predicted molar refractivity (Wildman–Crippen MR) is 56.8 cm³/mol. The van der Waals surface area contributed by atoms with Crippen LogP contribution < -0.4 is 0 Å². The highest BCUT2D eigenvalue weighted by Crippen LogP contribution is 2.32. The zero-order valence-corrected chi connectivity index (χ0v) is 9.78. The summed E-state index contributed by atoms with van der Waals surface area (Å²) in [5, 5.41) is 17.7. The minimum absolute atomic E-state index is 0.261. The molecular weight excluding hydrogens is 340 g/mol. The van der Waals surface area contributed by atoms with E-state index < -0.39 is 23.8 Å². The van der Waals surface area contributed by atoms with Gasteiger partial charge in [-0.05, 0) is 40.8 Å². The summed E-state index contributed by atoms with van der Waals surface area (Å²) in [5.41, 5.74) is -1.24. The minimum atomic E-state index is -4.56. The Hall–Kier alpha value is -0.830. The minimum Gasteiger partial charge on any atom is -0.479 e. The molecule has 0 aliphatic rings. The van der Waals surface area contributed by atoms with E-state index in [1.165, 1.54) is 0 Å². The van der Waals surface area contributed by atoms with Crippen molar-refractivity contribution < 1.29 is 28.2 Å². The lowest BCUT2D eigenvalue weighted by Crippen LogP contribution is -2.14. The number of aliphatic carboxylic acids is 1. The molecule has 0 aliphatic carbocycles. The summed E-state index contributed by atoms with van der Waals surface area (Å²) in [4.78, 5) is 10.5. The van der Waals surface area contributed by atoms with Crippen LogP contribution in [0.3, 0.4) is 0 Å². The summed E-state index contributed by atoms with van der Waals surface area (Å²) < 4.78 is 37.3. The number of hydrogen-bond donors (Lipinski definition) is 2. The molecule has 3 nitrogen and oxygen atoms in total. The maximum Gasteiger partial charge on any atom is 0.416 e. The Morgan fingerprint density at radius 3 is 2.38 bits per heavy atom. The van der Waals surface area contributed by atoms with E-state index in [9.17, 15) is 23.1 Å². The zero-order chi connectivity index (χ0) is 12.5. The molecule has 0 spiro atoms. The Morgan fingerprint density at radius 1 is 1.38 bits per heavy atom. The largest absolute Gasteiger partial charge is 0.479 e. The summed E-state index contributed by atoms with van der Waals surface area (Å²) in [6.07, 6.45) is -6.51. The van der Waals surface area contributed by atoms with Gasteiger partial charge in [-0.2, -0.15) is 13.2 Å². The summed E-state index contributed by atoms with van der Waals surface area (Å²) in [7, 11) is 0. The molecule has 0 heterocycles. The Kier molecular flexibility index (Phi) is 3.79. The summed E-state index contributed by atoms with van der Waals surface area (Å²) in [6.45, 7) is 0. The van der Waals surface area contributed by atoms with Crippen LogP contribution in [0.1, 0.15) is 17.2 Å². The van der Waals surface area contributed by atoms with E-state index in [1.54, 1.807) is 22.6 Å². The van der Waals surface area contributed by atoms with Crippen molar-refractivity contribution in [2.24, 2.45) is 0 Å². The topological polar surface area (TPSA) is 57.5 Å². The average Bonchev–Trinajstić information content (AvgIpc) is 2.15. The van der Waals surface area contributed by atoms with Crippen LogP contribution in [0, 0.1) is 3.57 Å². The fourth-order valence-corrected chi connectivity index (χ4v) is 1.69. The predicted octanol–water partition coefficient (Wildman–Crippen LogP) is 2.43. The zero-order valence-electron chi connectivity index (χ0n) is 7.62. The van der Waals surface area contributed by atoms with Crippen molar-refractivity contribution in [3.05, 3.63) is 32.9 Å². The third kappa shape index (κ3) is 2.85. The van der Waals surface area contributed by atoms with Crippen LogP contribution in [-0.4, -0.2) is 16.2 Å². The van der Waals surface area contributed by atoms with Gasteiger partial charge in [-0.3, -0.25) is 0 Å². The summed E-state index contributed by atoms with van der Waals surface area (Å²) >= 11 is 1.66. The quantitative estimate of drug-likeness (QED) is 0.809. The number of benzene rings is 1. The number of carboxylic acids is 1. The van der Waals surface area contributed by atoms with E-state index in [0.717, 1.165) is 12.1 Å². The molecule has 1 unspecified atom stereocenters. The summed E-state index contributed by atoms with van der Waals surface area (Å²) in [5.74, 6) is -1.59. The smallest absolute Gasteiger partial charge is 0.416 e. The molecule has 1 aromatic carbocycles. The highest BCUT2D eigenvalue weighted by atomic mass is 127. The molecular formula is C9H6F3IO3. The van der Waals surface area contributed by atoms with Gasteiger partial charge < -0.3 is 10.2 Å². The van der Waals surface area contributed by atoms with Crippen LogP contribution in [-0.2, 0) is 11.0 Å². The van der Waals surface area contributed by atoms with Crippen LogP contribution >= 0.6 is 22.6 Å². The van der Waals surface area contributed by atoms with Gasteiger partial charge in [0.1, 0.15) is 0 Å². The second kappa shape index (κ2) is 4.58. The normalized spacial score (nSPS) is 13.6. The molecule has 88 valence electrons. The lowest BCUT2D eigenvalue weighted by Gasteiger charge is -2.12. The standard InChI is InChI=1S/C9H6F3IO3/c10-9(11,12)4-1-2-6(13)5(3-4)7(14)8(15)16/h1-3,7,14H,(H,15,16). The van der Waals surface area contributed by atoms with E-state index in [2.05, 4.69) is 0 Å². The average molecular weight is 346 g/mol. The van der Waals surface area contributed by atoms with E-state index in [-0.39, 0.29) is 9.13 Å². The first-order valence-electron chi connectivity index (χ1n) is 4.01. The van der Waals surface area contributed by atoms with Crippen LogP contribution in [0.2, 0.25) is 0 Å². The first-order chi connectivity index (χ1) is 7.23. The Labute approximate surface area is 102 Å². The fraction of sp³-hybridized carbons (Fsp3) is 0.222. The number of carbonyl (C=O) groups is 1. The van der Waals surface area contributed by atoms with E-state index >= 15 is 0 Å². The van der Waals surface area contributed by atoms with Crippen molar-refractivity contribution >= 4 is 28.6 Å². The van der Waals surface area contributed by atoms with Crippen LogP contribution in [0.5, 0.6) is 0 Å². The molecule has 16 heavy (non-hydrogen) atoms. The van der Waals surface area contributed by atoms with Gasteiger partial charge in [0.2, 0.25) is 0 Å². The van der Waals surface area contributed by atoms with Crippen molar-refractivity contribution in [1.82, 2.24) is 0 Å². The van der Waals surface area contributed by atoms with E-state index in [0.29, 0.717) is 6.07 Å². The molecule has 0 aromatic heterocycles. The molecule has 0 fully saturated rings. The number of hydrogen-bond acceptors (Lipinski definition) is 2. The number of aliphatic hydroxyl groups is 1. The lowest BCUT2D eigenvalue weighted by molar-refractivity contribution is -0.147. The molecule has 0 bridgehead atoms. The fourth-order valence-electron chi connectivity index (χ4n) is 1.06. The van der Waals surface area contributed by atoms with Gasteiger partial charge in [0.25, 0.3) is 0 Å². The van der Waals surface area contributed by atoms with Gasteiger partial charge >= 0.3 is 12.1 Å². The number of rotatable bonds is 2. The van der Waals surface area contributed by atoms with Gasteiger partial charge in [0.05, 0.1) is 5.56 Å². The highest BCUT2D eigenvalue weighted by molar-refractivity contribution is 14.1. The first-order valence-corrected chi connectivity index (χ1v) is 5.09. The van der Waals surface area contributed by atoms with E-state index in [1.807, 2.05) is 0 Å². The van der Waals surface area contributed by atoms with Gasteiger partial charge in [0, 0.05) is 9.13 Å². The Balaban J connectivity index is 3.24. The molecule has 7 heteroatoms. The third-order valence-corrected chi connectivity index (χ3v) is 2.83. The molecule has 2 N–H and O–H groups in total. The molecule has 0 amide bonds. The van der Waals surface area contributed by atoms with E-state index in [4.69, 9.17) is 5.11 Å². The van der Waals surface area contributed by atoms with Gasteiger partial charge in [-0.1, -0.05) is 0 Å². The number of halogens is 4. The van der Waals surface area contributed by atoms with Crippen LogP contribution in [0.25, 0.3) is 0 Å². The van der Waals surface area contributed by atoms with Crippen molar-refractivity contribution in [2.45, 2.75) is 12.3 Å². The van der Waals surface area contributed by atoms with Gasteiger partial charge in [-0.25, -0.2) is 4.79 Å². The Morgan fingerprint density at radius 2 is 1.94 bits per heavy atom. The molecule has 0 saturated carbocycles. The molecule has 0 radical (unpaired) electrons. The van der Waals surface area contributed by atoms with Crippen LogP contribution in [0.4, 0.5) is 13.2 Å². The monoisotopic (exact) mass is 346 g/mol. The van der Waals surface area contributed by atoms with Crippen LogP contribution in [0.15, 0.2) is 18.2 Å². The van der Waals surface area contributed by atoms with Crippen molar-refractivity contribution in [3.63, 3.8) is 0 Å². The van der Waals surface area contributed by atoms with Gasteiger partial charge in [-0.15, -0.1) is 0 Å².